The molecule has 0 bridgehead atoms. The topological polar surface area (TPSA) is 58.2 Å². The van der Waals surface area contributed by atoms with Crippen LogP contribution in [0.25, 0.3) is 0 Å². The zero-order valence-corrected chi connectivity index (χ0v) is 14.9. The van der Waals surface area contributed by atoms with Crippen LogP contribution >= 0.6 is 11.6 Å². The first kappa shape index (κ1) is 17.5. The van der Waals surface area contributed by atoms with Gasteiger partial charge in [0, 0.05) is 23.3 Å². The molecule has 25 heavy (non-hydrogen) atoms. The number of anilines is 1. The van der Waals surface area contributed by atoms with E-state index < -0.39 is 5.41 Å². The van der Waals surface area contributed by atoms with Crippen LogP contribution in [-0.2, 0) is 10.2 Å². The van der Waals surface area contributed by atoms with Gasteiger partial charge in [0.25, 0.3) is 5.91 Å². The third kappa shape index (κ3) is 3.54. The quantitative estimate of drug-likeness (QED) is 0.864. The van der Waals surface area contributed by atoms with Crippen molar-refractivity contribution in [3.05, 3.63) is 64.7 Å². The Labute approximate surface area is 152 Å². The summed E-state index contributed by atoms with van der Waals surface area (Å²) in [6.45, 7) is 0. The fraction of sp³-hybridized carbons (Fsp3) is 0.300. The lowest BCUT2D eigenvalue weighted by Gasteiger charge is -2.28. The van der Waals surface area contributed by atoms with Gasteiger partial charge in [0.05, 0.1) is 5.41 Å². The second kappa shape index (κ2) is 7.28. The number of halogens is 1. The van der Waals surface area contributed by atoms with Crippen LogP contribution in [0.5, 0.6) is 0 Å². The van der Waals surface area contributed by atoms with Crippen LogP contribution < -0.4 is 10.6 Å². The molecule has 0 atom stereocenters. The van der Waals surface area contributed by atoms with Gasteiger partial charge in [-0.3, -0.25) is 9.59 Å². The summed E-state index contributed by atoms with van der Waals surface area (Å²) in [4.78, 5) is 24.7. The van der Waals surface area contributed by atoms with E-state index in [1.807, 2.05) is 24.3 Å². The van der Waals surface area contributed by atoms with Crippen molar-refractivity contribution in [2.24, 2.45) is 0 Å². The van der Waals surface area contributed by atoms with Gasteiger partial charge in [-0.15, -0.1) is 0 Å². The van der Waals surface area contributed by atoms with Gasteiger partial charge in [-0.25, -0.2) is 0 Å². The van der Waals surface area contributed by atoms with Gasteiger partial charge in [-0.05, 0) is 54.8 Å². The third-order valence-electron chi connectivity index (χ3n) is 4.92. The van der Waals surface area contributed by atoms with Crippen LogP contribution in [0, 0.1) is 0 Å². The first-order valence-corrected chi connectivity index (χ1v) is 8.83. The van der Waals surface area contributed by atoms with E-state index in [4.69, 9.17) is 11.6 Å². The van der Waals surface area contributed by atoms with Crippen LogP contribution in [-0.4, -0.2) is 18.9 Å². The molecule has 2 aromatic rings. The van der Waals surface area contributed by atoms with E-state index in [0.717, 1.165) is 31.2 Å². The second-order valence-corrected chi connectivity index (χ2v) is 6.84. The van der Waals surface area contributed by atoms with Crippen molar-refractivity contribution >= 4 is 29.1 Å². The minimum atomic E-state index is -0.510. The minimum Gasteiger partial charge on any atom is -0.355 e. The second-order valence-electron chi connectivity index (χ2n) is 6.41. The SMILES string of the molecule is CNC(=O)c1ccc(NC(=O)C2(c3ccc(Cl)cc3)CCCC2)cc1. The first-order chi connectivity index (χ1) is 12.0. The summed E-state index contributed by atoms with van der Waals surface area (Å²) >= 11 is 5.99. The van der Waals surface area contributed by atoms with Crippen molar-refractivity contribution in [3.8, 4) is 0 Å². The molecule has 2 aromatic carbocycles. The van der Waals surface area contributed by atoms with Crippen molar-refractivity contribution in [2.45, 2.75) is 31.1 Å². The molecule has 0 saturated heterocycles. The zero-order chi connectivity index (χ0) is 17.9. The normalized spacial score (nSPS) is 15.6. The van der Waals surface area contributed by atoms with Gasteiger partial charge < -0.3 is 10.6 Å². The van der Waals surface area contributed by atoms with Crippen LogP contribution in [0.4, 0.5) is 5.69 Å². The smallest absolute Gasteiger partial charge is 0.251 e. The molecule has 0 aliphatic heterocycles. The number of hydrogen-bond donors (Lipinski definition) is 2. The highest BCUT2D eigenvalue weighted by Gasteiger charge is 2.42. The molecule has 1 fully saturated rings. The van der Waals surface area contributed by atoms with E-state index in [0.29, 0.717) is 16.3 Å². The summed E-state index contributed by atoms with van der Waals surface area (Å²) < 4.78 is 0. The fourth-order valence-corrected chi connectivity index (χ4v) is 3.62. The molecular formula is C20H21ClN2O2. The Morgan fingerprint density at radius 2 is 1.56 bits per heavy atom. The Kier molecular flexibility index (Phi) is 5.09. The van der Waals surface area contributed by atoms with Gasteiger partial charge in [-0.2, -0.15) is 0 Å². The maximum Gasteiger partial charge on any atom is 0.251 e. The number of hydrogen-bond acceptors (Lipinski definition) is 2. The Hall–Kier alpha value is -2.33. The molecule has 130 valence electrons. The molecule has 2 amide bonds. The predicted molar refractivity (Wildman–Crippen MR) is 100 cm³/mol. The minimum absolute atomic E-state index is 0.0000144. The highest BCUT2D eigenvalue weighted by Crippen LogP contribution is 2.42. The monoisotopic (exact) mass is 356 g/mol. The molecule has 5 heteroatoms. The van der Waals surface area contributed by atoms with Crippen molar-refractivity contribution in [1.82, 2.24) is 5.32 Å². The summed E-state index contributed by atoms with van der Waals surface area (Å²) in [6.07, 6.45) is 3.73. The average molecular weight is 357 g/mol. The molecule has 1 saturated carbocycles. The standard InChI is InChI=1S/C20H21ClN2O2/c1-22-18(24)14-4-10-17(11-5-14)23-19(25)20(12-2-3-13-20)15-6-8-16(21)9-7-15/h4-11H,2-3,12-13H2,1H3,(H,22,24)(H,23,25). The molecule has 4 nitrogen and oxygen atoms in total. The number of rotatable bonds is 4. The maximum absolute atomic E-state index is 13.1. The Balaban J connectivity index is 1.82. The van der Waals surface area contributed by atoms with Gasteiger partial charge in [-0.1, -0.05) is 36.6 Å². The van der Waals surface area contributed by atoms with E-state index >= 15 is 0 Å². The van der Waals surface area contributed by atoms with Crippen LogP contribution in [0.3, 0.4) is 0 Å². The molecule has 0 heterocycles. The summed E-state index contributed by atoms with van der Waals surface area (Å²) in [7, 11) is 1.59. The summed E-state index contributed by atoms with van der Waals surface area (Å²) in [5, 5.41) is 6.27. The Morgan fingerprint density at radius 1 is 0.960 bits per heavy atom. The molecule has 0 aromatic heterocycles. The summed E-state index contributed by atoms with van der Waals surface area (Å²) in [6, 6.07) is 14.5. The van der Waals surface area contributed by atoms with E-state index in [1.165, 1.54) is 0 Å². The van der Waals surface area contributed by atoms with Crippen molar-refractivity contribution in [1.29, 1.82) is 0 Å². The third-order valence-corrected chi connectivity index (χ3v) is 5.17. The summed E-state index contributed by atoms with van der Waals surface area (Å²) in [5.41, 5.74) is 1.75. The van der Waals surface area contributed by atoms with Crippen LogP contribution in [0.15, 0.2) is 48.5 Å². The van der Waals surface area contributed by atoms with Crippen molar-refractivity contribution < 1.29 is 9.59 Å². The maximum atomic E-state index is 13.1. The van der Waals surface area contributed by atoms with E-state index in [-0.39, 0.29) is 11.8 Å². The van der Waals surface area contributed by atoms with Gasteiger partial charge in [0.1, 0.15) is 0 Å². The van der Waals surface area contributed by atoms with E-state index in [2.05, 4.69) is 10.6 Å². The van der Waals surface area contributed by atoms with E-state index in [9.17, 15) is 9.59 Å². The van der Waals surface area contributed by atoms with Gasteiger partial charge in [0.2, 0.25) is 5.91 Å². The van der Waals surface area contributed by atoms with Crippen LogP contribution in [0.2, 0.25) is 5.02 Å². The Morgan fingerprint density at radius 3 is 2.12 bits per heavy atom. The largest absolute Gasteiger partial charge is 0.355 e. The first-order valence-electron chi connectivity index (χ1n) is 8.45. The zero-order valence-electron chi connectivity index (χ0n) is 14.1. The summed E-state index contributed by atoms with van der Waals surface area (Å²) in [5.74, 6) is -0.147. The molecule has 0 radical (unpaired) electrons. The molecule has 3 rings (SSSR count). The fourth-order valence-electron chi connectivity index (χ4n) is 3.49. The lowest BCUT2D eigenvalue weighted by Crippen LogP contribution is -2.38. The molecule has 1 aliphatic carbocycles. The average Bonchev–Trinajstić information content (AvgIpc) is 3.13. The molecule has 2 N–H and O–H groups in total. The Bertz CT molecular complexity index is 763. The molecule has 1 aliphatic rings. The van der Waals surface area contributed by atoms with Crippen molar-refractivity contribution in [2.75, 3.05) is 12.4 Å². The highest BCUT2D eigenvalue weighted by atomic mass is 35.5. The lowest BCUT2D eigenvalue weighted by atomic mass is 9.78. The molecule has 0 unspecified atom stereocenters. The highest BCUT2D eigenvalue weighted by molar-refractivity contribution is 6.30. The molecular weight excluding hydrogens is 336 g/mol. The van der Waals surface area contributed by atoms with Gasteiger partial charge >= 0.3 is 0 Å². The van der Waals surface area contributed by atoms with E-state index in [1.54, 1.807) is 31.3 Å². The van der Waals surface area contributed by atoms with Gasteiger partial charge in [0.15, 0.2) is 0 Å². The number of amides is 2. The molecule has 0 spiro atoms. The lowest BCUT2D eigenvalue weighted by molar-refractivity contribution is -0.121. The predicted octanol–water partition coefficient (Wildman–Crippen LogP) is 4.15. The van der Waals surface area contributed by atoms with Crippen molar-refractivity contribution in [3.63, 3.8) is 0 Å². The number of carbonyl (C=O) groups is 2. The van der Waals surface area contributed by atoms with Crippen LogP contribution in [0.1, 0.15) is 41.6 Å². The number of carbonyl (C=O) groups excluding carboxylic acids is 2. The number of nitrogens with one attached hydrogen (secondary N) is 2. The number of benzene rings is 2.